The van der Waals surface area contributed by atoms with E-state index in [1.54, 1.807) is 0 Å². The zero-order valence-corrected chi connectivity index (χ0v) is 13.1. The molecule has 4 heteroatoms. The zero-order chi connectivity index (χ0) is 15.3. The molecule has 2 rings (SSSR count). The first-order valence-electron chi connectivity index (χ1n) is 7.50. The van der Waals surface area contributed by atoms with Crippen LogP contribution in [0.2, 0.25) is 0 Å². The van der Waals surface area contributed by atoms with Crippen molar-refractivity contribution in [2.75, 3.05) is 6.61 Å². The van der Waals surface area contributed by atoms with Gasteiger partial charge in [0.2, 0.25) is 0 Å². The van der Waals surface area contributed by atoms with E-state index in [2.05, 4.69) is 36.4 Å². The van der Waals surface area contributed by atoms with Crippen molar-refractivity contribution in [1.29, 1.82) is 0 Å². The van der Waals surface area contributed by atoms with Crippen molar-refractivity contribution in [2.24, 2.45) is 0 Å². The number of aliphatic hydroxyl groups excluding tert-OH is 1. The lowest BCUT2D eigenvalue weighted by Gasteiger charge is -2.36. The van der Waals surface area contributed by atoms with Crippen LogP contribution in [0.25, 0.3) is 0 Å². The van der Waals surface area contributed by atoms with Crippen molar-refractivity contribution in [3.05, 3.63) is 53.9 Å². The predicted octanol–water partition coefficient (Wildman–Crippen LogP) is 2.47. The second kappa shape index (κ2) is 6.87. The lowest BCUT2D eigenvalue weighted by atomic mass is 9.86. The molecule has 0 spiro atoms. The number of hydrogen-bond donors (Lipinski definition) is 2. The van der Waals surface area contributed by atoms with Crippen LogP contribution in [0.1, 0.15) is 31.5 Å². The number of nitrogens with one attached hydrogen (secondary N) is 1. The standard InChI is InChI=1S/C17H25N3O/c1-14(2)19-17(13-21,16-7-5-4-6-8-16)10-12-20-15(3)9-11-18-20/h4-9,11,14,19,21H,10,12-13H2,1-3H3. The molecule has 0 aliphatic heterocycles. The molecule has 114 valence electrons. The predicted molar refractivity (Wildman–Crippen MR) is 85.1 cm³/mol. The number of aryl methyl sites for hydroxylation is 2. The Morgan fingerprint density at radius 3 is 2.48 bits per heavy atom. The molecule has 0 fully saturated rings. The lowest BCUT2D eigenvalue weighted by molar-refractivity contribution is 0.135. The van der Waals surface area contributed by atoms with Gasteiger partial charge < -0.3 is 10.4 Å². The van der Waals surface area contributed by atoms with Crippen LogP contribution in [0, 0.1) is 6.92 Å². The fourth-order valence-electron chi connectivity index (χ4n) is 2.76. The van der Waals surface area contributed by atoms with Gasteiger partial charge >= 0.3 is 0 Å². The smallest absolute Gasteiger partial charge is 0.0688 e. The Kier molecular flexibility index (Phi) is 5.15. The minimum atomic E-state index is -0.437. The van der Waals surface area contributed by atoms with E-state index in [0.717, 1.165) is 24.2 Å². The van der Waals surface area contributed by atoms with Gasteiger partial charge in [0, 0.05) is 24.5 Å². The van der Waals surface area contributed by atoms with Crippen LogP contribution in [0.15, 0.2) is 42.6 Å². The summed E-state index contributed by atoms with van der Waals surface area (Å²) in [6.45, 7) is 7.09. The first-order chi connectivity index (χ1) is 10.1. The summed E-state index contributed by atoms with van der Waals surface area (Å²) in [5.74, 6) is 0. The highest BCUT2D eigenvalue weighted by atomic mass is 16.3. The average molecular weight is 287 g/mol. The van der Waals surface area contributed by atoms with Gasteiger partial charge in [0.25, 0.3) is 0 Å². The molecule has 4 nitrogen and oxygen atoms in total. The zero-order valence-electron chi connectivity index (χ0n) is 13.1. The Bertz CT molecular complexity index is 550. The number of nitrogens with zero attached hydrogens (tertiary/aromatic N) is 2. The number of rotatable bonds is 7. The van der Waals surface area contributed by atoms with Gasteiger partial charge in [-0.1, -0.05) is 30.3 Å². The normalized spacial score (nSPS) is 14.3. The molecule has 1 aromatic carbocycles. The van der Waals surface area contributed by atoms with E-state index in [1.165, 1.54) is 0 Å². The maximum Gasteiger partial charge on any atom is 0.0688 e. The molecular formula is C17H25N3O. The third-order valence-electron chi connectivity index (χ3n) is 3.84. The van der Waals surface area contributed by atoms with E-state index < -0.39 is 5.54 Å². The summed E-state index contributed by atoms with van der Waals surface area (Å²) in [5, 5.41) is 18.0. The first kappa shape index (κ1) is 15.7. The van der Waals surface area contributed by atoms with E-state index in [-0.39, 0.29) is 12.6 Å². The number of aromatic nitrogens is 2. The summed E-state index contributed by atoms with van der Waals surface area (Å²) in [7, 11) is 0. The summed E-state index contributed by atoms with van der Waals surface area (Å²) in [6, 6.07) is 12.5. The number of hydrogen-bond acceptors (Lipinski definition) is 3. The van der Waals surface area contributed by atoms with Crippen LogP contribution >= 0.6 is 0 Å². The highest BCUT2D eigenvalue weighted by molar-refractivity contribution is 5.25. The molecule has 0 saturated heterocycles. The Hall–Kier alpha value is -1.65. The molecule has 21 heavy (non-hydrogen) atoms. The maximum atomic E-state index is 10.1. The summed E-state index contributed by atoms with van der Waals surface area (Å²) < 4.78 is 1.98. The Labute approximate surface area is 126 Å². The van der Waals surface area contributed by atoms with Crippen molar-refractivity contribution in [1.82, 2.24) is 15.1 Å². The quantitative estimate of drug-likeness (QED) is 0.822. The van der Waals surface area contributed by atoms with E-state index in [9.17, 15) is 5.11 Å². The molecule has 0 amide bonds. The van der Waals surface area contributed by atoms with Crippen LogP contribution in [0.5, 0.6) is 0 Å². The molecule has 0 saturated carbocycles. The minimum absolute atomic E-state index is 0.0650. The van der Waals surface area contributed by atoms with E-state index in [4.69, 9.17) is 0 Å². The van der Waals surface area contributed by atoms with Crippen LogP contribution < -0.4 is 5.32 Å². The topological polar surface area (TPSA) is 50.1 Å². The highest BCUT2D eigenvalue weighted by Crippen LogP contribution is 2.26. The maximum absolute atomic E-state index is 10.1. The van der Waals surface area contributed by atoms with Gasteiger partial charge in [0.15, 0.2) is 0 Å². The summed E-state index contributed by atoms with van der Waals surface area (Å²) in [4.78, 5) is 0. The third kappa shape index (κ3) is 3.71. The molecular weight excluding hydrogens is 262 g/mol. The lowest BCUT2D eigenvalue weighted by Crippen LogP contribution is -2.49. The van der Waals surface area contributed by atoms with E-state index >= 15 is 0 Å². The second-order valence-corrected chi connectivity index (χ2v) is 5.85. The average Bonchev–Trinajstić information content (AvgIpc) is 2.89. The van der Waals surface area contributed by atoms with Crippen molar-refractivity contribution in [3.8, 4) is 0 Å². The molecule has 1 atom stereocenters. The molecule has 0 aliphatic rings. The van der Waals surface area contributed by atoms with Gasteiger partial charge in [-0.3, -0.25) is 4.68 Å². The molecule has 0 radical (unpaired) electrons. The molecule has 1 unspecified atom stereocenters. The second-order valence-electron chi connectivity index (χ2n) is 5.85. The SMILES string of the molecule is Cc1ccnn1CCC(CO)(NC(C)C)c1ccccc1. The molecule has 0 aliphatic carbocycles. The molecule has 1 aromatic heterocycles. The molecule has 1 heterocycles. The fourth-order valence-corrected chi connectivity index (χ4v) is 2.76. The van der Waals surface area contributed by atoms with E-state index in [1.807, 2.05) is 42.1 Å². The summed E-state index contributed by atoms with van der Waals surface area (Å²) >= 11 is 0. The molecule has 2 N–H and O–H groups in total. The minimum Gasteiger partial charge on any atom is -0.394 e. The highest BCUT2D eigenvalue weighted by Gasteiger charge is 2.31. The Balaban J connectivity index is 2.25. The third-order valence-corrected chi connectivity index (χ3v) is 3.84. The van der Waals surface area contributed by atoms with Crippen LogP contribution in [-0.4, -0.2) is 27.5 Å². The first-order valence-corrected chi connectivity index (χ1v) is 7.50. The van der Waals surface area contributed by atoms with Crippen molar-refractivity contribution < 1.29 is 5.11 Å². The van der Waals surface area contributed by atoms with Crippen molar-refractivity contribution in [3.63, 3.8) is 0 Å². The Morgan fingerprint density at radius 1 is 1.24 bits per heavy atom. The molecule has 2 aromatic rings. The van der Waals surface area contributed by atoms with Crippen LogP contribution in [0.3, 0.4) is 0 Å². The van der Waals surface area contributed by atoms with Crippen molar-refractivity contribution >= 4 is 0 Å². The van der Waals surface area contributed by atoms with Gasteiger partial charge in [0.05, 0.1) is 12.1 Å². The van der Waals surface area contributed by atoms with E-state index in [0.29, 0.717) is 0 Å². The van der Waals surface area contributed by atoms with Gasteiger partial charge in [-0.15, -0.1) is 0 Å². The summed E-state index contributed by atoms with van der Waals surface area (Å²) in [5.41, 5.74) is 1.82. The van der Waals surface area contributed by atoms with Gasteiger partial charge in [-0.25, -0.2) is 0 Å². The molecule has 0 bridgehead atoms. The van der Waals surface area contributed by atoms with Crippen LogP contribution in [-0.2, 0) is 12.1 Å². The Morgan fingerprint density at radius 2 is 1.95 bits per heavy atom. The summed E-state index contributed by atoms with van der Waals surface area (Å²) in [6.07, 6.45) is 2.60. The van der Waals surface area contributed by atoms with Crippen LogP contribution in [0.4, 0.5) is 0 Å². The largest absolute Gasteiger partial charge is 0.394 e. The number of aliphatic hydroxyl groups is 1. The van der Waals surface area contributed by atoms with Gasteiger partial charge in [-0.05, 0) is 38.8 Å². The van der Waals surface area contributed by atoms with Crippen molar-refractivity contribution in [2.45, 2.75) is 45.3 Å². The fraction of sp³-hybridized carbons (Fsp3) is 0.471. The van der Waals surface area contributed by atoms with Gasteiger partial charge in [0.1, 0.15) is 0 Å². The number of benzene rings is 1. The monoisotopic (exact) mass is 287 g/mol. The van der Waals surface area contributed by atoms with Gasteiger partial charge in [-0.2, -0.15) is 5.10 Å².